The highest BCUT2D eigenvalue weighted by Crippen LogP contribution is 2.26. The Kier molecular flexibility index (Phi) is 5.60. The Morgan fingerprint density at radius 1 is 1.08 bits per heavy atom. The number of ether oxygens (including phenoxy) is 3. The van der Waals surface area contributed by atoms with E-state index in [1.807, 2.05) is 36.4 Å². The quantitative estimate of drug-likeness (QED) is 0.432. The summed E-state index contributed by atoms with van der Waals surface area (Å²) in [6.45, 7) is 0.495. The summed E-state index contributed by atoms with van der Waals surface area (Å²) >= 11 is 3.36. The van der Waals surface area contributed by atoms with E-state index in [1.165, 1.54) is 0 Å². The number of carbonyl (C=O) groups is 1. The maximum Gasteiger partial charge on any atom is 0.310 e. The zero-order chi connectivity index (χ0) is 17.6. The third-order valence-electron chi connectivity index (χ3n) is 3.63. The lowest BCUT2D eigenvalue weighted by Gasteiger charge is -2.07. The van der Waals surface area contributed by atoms with Crippen LogP contribution in [0.2, 0.25) is 0 Å². The van der Waals surface area contributed by atoms with Gasteiger partial charge < -0.3 is 18.6 Å². The fourth-order valence-electron chi connectivity index (χ4n) is 2.38. The minimum atomic E-state index is -0.321. The highest BCUT2D eigenvalue weighted by Gasteiger charge is 2.12. The van der Waals surface area contributed by atoms with Gasteiger partial charge in [-0.15, -0.1) is 0 Å². The van der Waals surface area contributed by atoms with Gasteiger partial charge in [0.25, 0.3) is 0 Å². The molecular weight excluding hydrogens is 388 g/mol. The monoisotopic (exact) mass is 404 g/mol. The molecule has 25 heavy (non-hydrogen) atoms. The van der Waals surface area contributed by atoms with Crippen molar-refractivity contribution in [1.29, 1.82) is 0 Å². The van der Waals surface area contributed by atoms with Gasteiger partial charge in [-0.3, -0.25) is 4.79 Å². The number of benzene rings is 2. The number of hydrogen-bond acceptors (Lipinski definition) is 5. The van der Waals surface area contributed by atoms with Gasteiger partial charge >= 0.3 is 5.97 Å². The summed E-state index contributed by atoms with van der Waals surface area (Å²) in [5.74, 6) is 1.12. The van der Waals surface area contributed by atoms with E-state index in [0.29, 0.717) is 17.9 Å². The molecule has 0 aliphatic heterocycles. The molecule has 1 aromatic heterocycles. The van der Waals surface area contributed by atoms with Crippen molar-refractivity contribution >= 4 is 32.9 Å². The summed E-state index contributed by atoms with van der Waals surface area (Å²) in [4.78, 5) is 12.0. The van der Waals surface area contributed by atoms with Crippen LogP contribution < -0.4 is 9.47 Å². The molecular formula is C19H17BrO5. The molecule has 3 rings (SSSR count). The highest BCUT2D eigenvalue weighted by atomic mass is 79.9. The second-order valence-electron chi connectivity index (χ2n) is 5.32. The van der Waals surface area contributed by atoms with E-state index >= 15 is 0 Å². The lowest BCUT2D eigenvalue weighted by molar-refractivity contribution is -0.143. The number of esters is 1. The van der Waals surface area contributed by atoms with Crippen LogP contribution in [0.25, 0.3) is 11.0 Å². The lowest BCUT2D eigenvalue weighted by Crippen LogP contribution is -2.13. The molecule has 6 heteroatoms. The number of rotatable bonds is 7. The number of hydrogen-bond donors (Lipinski definition) is 0. The van der Waals surface area contributed by atoms with Crippen LogP contribution in [0.5, 0.6) is 11.5 Å². The first kappa shape index (κ1) is 17.4. The molecule has 2 aromatic carbocycles. The summed E-state index contributed by atoms with van der Waals surface area (Å²) in [7, 11) is 1.60. The summed E-state index contributed by atoms with van der Waals surface area (Å²) < 4.78 is 22.3. The summed E-state index contributed by atoms with van der Waals surface area (Å²) in [5, 5.41) is 0.879. The summed E-state index contributed by atoms with van der Waals surface area (Å²) in [6, 6.07) is 13.0. The molecule has 5 nitrogen and oxygen atoms in total. The van der Waals surface area contributed by atoms with Crippen LogP contribution in [-0.4, -0.2) is 26.3 Å². The average molecular weight is 405 g/mol. The predicted molar refractivity (Wildman–Crippen MR) is 97.1 cm³/mol. The van der Waals surface area contributed by atoms with Gasteiger partial charge in [0.2, 0.25) is 0 Å². The zero-order valence-corrected chi connectivity index (χ0v) is 15.2. The van der Waals surface area contributed by atoms with E-state index in [-0.39, 0.29) is 19.0 Å². The van der Waals surface area contributed by atoms with E-state index < -0.39 is 0 Å². The largest absolute Gasteiger partial charge is 0.497 e. The second kappa shape index (κ2) is 8.07. The molecule has 0 bridgehead atoms. The number of carbonyl (C=O) groups excluding carboxylic acids is 1. The van der Waals surface area contributed by atoms with Crippen molar-refractivity contribution in [3.05, 3.63) is 58.8 Å². The van der Waals surface area contributed by atoms with Crippen LogP contribution in [0.4, 0.5) is 0 Å². The van der Waals surface area contributed by atoms with Gasteiger partial charge in [-0.1, -0.05) is 15.9 Å². The molecule has 0 N–H and O–H groups in total. The van der Waals surface area contributed by atoms with Crippen molar-refractivity contribution in [3.8, 4) is 11.5 Å². The fourth-order valence-corrected chi connectivity index (χ4v) is 2.64. The van der Waals surface area contributed by atoms with Gasteiger partial charge in [0.1, 0.15) is 30.3 Å². The molecule has 0 fully saturated rings. The molecule has 0 spiro atoms. The number of methoxy groups -OCH3 is 1. The average Bonchev–Trinajstić information content (AvgIpc) is 3.02. The molecule has 0 saturated heterocycles. The van der Waals surface area contributed by atoms with E-state index in [0.717, 1.165) is 21.2 Å². The Morgan fingerprint density at radius 3 is 2.60 bits per heavy atom. The van der Waals surface area contributed by atoms with Crippen LogP contribution >= 0.6 is 15.9 Å². The van der Waals surface area contributed by atoms with Crippen molar-refractivity contribution < 1.29 is 23.4 Å². The lowest BCUT2D eigenvalue weighted by atomic mass is 10.1. The van der Waals surface area contributed by atoms with Gasteiger partial charge in [-0.25, -0.2) is 0 Å². The predicted octanol–water partition coefficient (Wildman–Crippen LogP) is 4.37. The van der Waals surface area contributed by atoms with E-state index in [1.54, 1.807) is 19.4 Å². The molecule has 0 atom stereocenters. The van der Waals surface area contributed by atoms with Crippen molar-refractivity contribution in [1.82, 2.24) is 0 Å². The Hall–Kier alpha value is -2.47. The number of halogens is 1. The maximum atomic E-state index is 12.0. The van der Waals surface area contributed by atoms with Crippen molar-refractivity contribution in [3.63, 3.8) is 0 Å². The van der Waals surface area contributed by atoms with E-state index in [9.17, 15) is 4.79 Å². The van der Waals surface area contributed by atoms with Crippen LogP contribution in [0.1, 0.15) is 5.56 Å². The molecule has 130 valence electrons. The Balaban J connectivity index is 1.48. The molecule has 0 saturated carbocycles. The molecule has 1 heterocycles. The Bertz CT molecular complexity index is 854. The summed E-state index contributed by atoms with van der Waals surface area (Å²) in [6.07, 6.45) is 1.72. The number of fused-ring (bicyclic) bond motifs is 1. The minimum absolute atomic E-state index is 0.150. The standard InChI is InChI=1S/C19H17BrO5/c1-22-16-6-7-17-13(12-25-18(17)11-16)10-19(21)24-9-8-23-15-4-2-14(20)3-5-15/h2-7,11-12H,8-10H2,1H3. The van der Waals surface area contributed by atoms with Crippen molar-refractivity contribution in [2.24, 2.45) is 0 Å². The number of furan rings is 1. The van der Waals surface area contributed by atoms with Gasteiger partial charge in [-0.05, 0) is 36.4 Å². The van der Waals surface area contributed by atoms with Gasteiger partial charge in [0.15, 0.2) is 0 Å². The van der Waals surface area contributed by atoms with E-state index in [2.05, 4.69) is 15.9 Å². The molecule has 0 amide bonds. The Labute approximate surface area is 153 Å². The molecule has 0 aliphatic carbocycles. The van der Waals surface area contributed by atoms with Gasteiger partial charge in [-0.2, -0.15) is 0 Å². The summed E-state index contributed by atoms with van der Waals surface area (Å²) in [5.41, 5.74) is 1.47. The minimum Gasteiger partial charge on any atom is -0.497 e. The normalized spacial score (nSPS) is 10.6. The second-order valence-corrected chi connectivity index (χ2v) is 6.24. The molecule has 0 radical (unpaired) electrons. The smallest absolute Gasteiger partial charge is 0.310 e. The first-order valence-electron chi connectivity index (χ1n) is 7.74. The Morgan fingerprint density at radius 2 is 1.84 bits per heavy atom. The van der Waals surface area contributed by atoms with Crippen molar-refractivity contribution in [2.45, 2.75) is 6.42 Å². The first-order chi connectivity index (χ1) is 12.2. The van der Waals surface area contributed by atoms with E-state index in [4.69, 9.17) is 18.6 Å². The van der Waals surface area contributed by atoms with Crippen LogP contribution in [-0.2, 0) is 16.0 Å². The highest BCUT2D eigenvalue weighted by molar-refractivity contribution is 9.10. The fraction of sp³-hybridized carbons (Fsp3) is 0.211. The topological polar surface area (TPSA) is 57.9 Å². The van der Waals surface area contributed by atoms with Gasteiger partial charge in [0, 0.05) is 21.5 Å². The third kappa shape index (κ3) is 4.54. The van der Waals surface area contributed by atoms with Gasteiger partial charge in [0.05, 0.1) is 19.8 Å². The molecule has 0 aliphatic rings. The van der Waals surface area contributed by atoms with Crippen LogP contribution in [0.15, 0.2) is 57.6 Å². The molecule has 0 unspecified atom stereocenters. The molecule has 3 aromatic rings. The SMILES string of the molecule is COc1ccc2c(CC(=O)OCCOc3ccc(Br)cc3)coc2c1. The van der Waals surface area contributed by atoms with Crippen LogP contribution in [0, 0.1) is 0 Å². The maximum absolute atomic E-state index is 12.0. The van der Waals surface area contributed by atoms with Crippen molar-refractivity contribution in [2.75, 3.05) is 20.3 Å². The first-order valence-corrected chi connectivity index (χ1v) is 8.53. The third-order valence-corrected chi connectivity index (χ3v) is 4.16. The zero-order valence-electron chi connectivity index (χ0n) is 13.7. The van der Waals surface area contributed by atoms with Crippen LogP contribution in [0.3, 0.4) is 0 Å².